The van der Waals surface area contributed by atoms with Gasteiger partial charge < -0.3 is 9.26 Å². The minimum absolute atomic E-state index is 0.0647. The third kappa shape index (κ3) is 3.19. The number of sulfonamides is 1. The Morgan fingerprint density at radius 3 is 2.86 bits per heavy atom. The number of primary sulfonamides is 1. The number of benzene rings is 1. The largest absolute Gasteiger partial charge is 0.482 e. The van der Waals surface area contributed by atoms with E-state index in [0.717, 1.165) is 25.0 Å². The Balaban J connectivity index is 1.77. The van der Waals surface area contributed by atoms with E-state index in [1.165, 1.54) is 6.07 Å². The van der Waals surface area contributed by atoms with Gasteiger partial charge >= 0.3 is 0 Å². The summed E-state index contributed by atoms with van der Waals surface area (Å²) in [6, 6.07) is 3.06. The first kappa shape index (κ1) is 14.0. The summed E-state index contributed by atoms with van der Waals surface area (Å²) in [4.78, 5) is 3.71. The van der Waals surface area contributed by atoms with Gasteiger partial charge in [-0.15, -0.1) is 0 Å². The number of halogens is 1. The van der Waals surface area contributed by atoms with Crippen molar-refractivity contribution in [1.29, 1.82) is 0 Å². The van der Waals surface area contributed by atoms with Gasteiger partial charge in [0.1, 0.15) is 16.5 Å². The highest BCUT2D eigenvalue weighted by atomic mass is 32.2. The minimum Gasteiger partial charge on any atom is -0.482 e. The third-order valence-corrected chi connectivity index (χ3v) is 3.92. The van der Waals surface area contributed by atoms with Crippen LogP contribution in [0.3, 0.4) is 0 Å². The number of nitrogens with zero attached hydrogens (tertiary/aromatic N) is 2. The summed E-state index contributed by atoms with van der Waals surface area (Å²) in [5, 5.41) is 8.83. The Morgan fingerprint density at radius 1 is 1.43 bits per heavy atom. The van der Waals surface area contributed by atoms with Gasteiger partial charge in [0.15, 0.2) is 12.4 Å². The third-order valence-electron chi connectivity index (χ3n) is 2.99. The fourth-order valence-electron chi connectivity index (χ4n) is 1.80. The van der Waals surface area contributed by atoms with E-state index in [4.69, 9.17) is 14.4 Å². The highest BCUT2D eigenvalue weighted by Crippen LogP contribution is 2.38. The molecule has 3 rings (SSSR count). The van der Waals surface area contributed by atoms with Crippen LogP contribution < -0.4 is 9.88 Å². The molecule has 1 saturated carbocycles. The molecular weight excluding hydrogens is 301 g/mol. The Labute approximate surface area is 120 Å². The van der Waals surface area contributed by atoms with Crippen LogP contribution in [-0.4, -0.2) is 18.6 Å². The maximum absolute atomic E-state index is 13.1. The van der Waals surface area contributed by atoms with Crippen molar-refractivity contribution in [1.82, 2.24) is 10.1 Å². The molecule has 0 spiro atoms. The molecule has 0 amide bonds. The molecular formula is C12H12FN3O4S. The average molecular weight is 313 g/mol. The molecule has 0 unspecified atom stereocenters. The van der Waals surface area contributed by atoms with Crippen LogP contribution in [0.15, 0.2) is 27.6 Å². The first-order valence-corrected chi connectivity index (χ1v) is 7.76. The Morgan fingerprint density at radius 2 is 2.19 bits per heavy atom. The number of hydrogen-bond donors (Lipinski definition) is 1. The van der Waals surface area contributed by atoms with Gasteiger partial charge in [0.05, 0.1) is 0 Å². The van der Waals surface area contributed by atoms with Crippen molar-refractivity contribution in [3.05, 3.63) is 35.7 Å². The molecule has 112 valence electrons. The topological polar surface area (TPSA) is 108 Å². The van der Waals surface area contributed by atoms with Gasteiger partial charge in [-0.2, -0.15) is 4.98 Å². The molecule has 7 nitrogen and oxygen atoms in total. The first-order chi connectivity index (χ1) is 9.93. The van der Waals surface area contributed by atoms with Gasteiger partial charge in [-0.05, 0) is 31.0 Å². The molecule has 1 aromatic heterocycles. The van der Waals surface area contributed by atoms with Crippen LogP contribution in [0.5, 0.6) is 5.75 Å². The lowest BCUT2D eigenvalue weighted by molar-refractivity contribution is 0.237. The van der Waals surface area contributed by atoms with Crippen molar-refractivity contribution in [2.45, 2.75) is 30.3 Å². The van der Waals surface area contributed by atoms with Crippen molar-refractivity contribution in [3.8, 4) is 5.75 Å². The summed E-state index contributed by atoms with van der Waals surface area (Å²) in [5.74, 6) is 0.402. The normalized spacial score (nSPS) is 15.1. The van der Waals surface area contributed by atoms with E-state index in [0.29, 0.717) is 11.7 Å². The molecule has 0 atom stereocenters. The molecule has 0 aliphatic heterocycles. The first-order valence-electron chi connectivity index (χ1n) is 6.21. The zero-order chi connectivity index (χ0) is 15.0. The Hall–Kier alpha value is -2.00. The zero-order valence-electron chi connectivity index (χ0n) is 10.8. The monoisotopic (exact) mass is 313 g/mol. The molecule has 1 heterocycles. The van der Waals surface area contributed by atoms with E-state index < -0.39 is 20.7 Å². The number of rotatable bonds is 5. The second-order valence-corrected chi connectivity index (χ2v) is 6.28. The van der Waals surface area contributed by atoms with Crippen LogP contribution in [0.2, 0.25) is 0 Å². The molecule has 0 bridgehead atoms. The van der Waals surface area contributed by atoms with E-state index in [-0.39, 0.29) is 18.2 Å². The fourth-order valence-corrected chi connectivity index (χ4v) is 2.48. The molecule has 1 fully saturated rings. The lowest BCUT2D eigenvalue weighted by Crippen LogP contribution is -2.14. The molecule has 1 aliphatic rings. The average Bonchev–Trinajstić information content (AvgIpc) is 3.16. The molecule has 9 heteroatoms. The molecule has 2 N–H and O–H groups in total. The van der Waals surface area contributed by atoms with E-state index in [1.807, 2.05) is 0 Å². The number of nitrogens with two attached hydrogens (primary N) is 1. The highest BCUT2D eigenvalue weighted by Gasteiger charge is 2.28. The summed E-state index contributed by atoms with van der Waals surface area (Å²) >= 11 is 0. The summed E-state index contributed by atoms with van der Waals surface area (Å²) in [6.07, 6.45) is 2.07. The Kier molecular flexibility index (Phi) is 3.38. The van der Waals surface area contributed by atoms with E-state index in [1.54, 1.807) is 0 Å². The van der Waals surface area contributed by atoms with Crippen LogP contribution >= 0.6 is 0 Å². The number of hydrogen-bond acceptors (Lipinski definition) is 6. The quantitative estimate of drug-likeness (QED) is 0.891. The van der Waals surface area contributed by atoms with E-state index in [2.05, 4.69) is 10.1 Å². The van der Waals surface area contributed by atoms with Crippen LogP contribution in [0.25, 0.3) is 0 Å². The highest BCUT2D eigenvalue weighted by molar-refractivity contribution is 7.89. The van der Waals surface area contributed by atoms with Crippen LogP contribution in [0.1, 0.15) is 30.5 Å². The molecule has 1 aliphatic carbocycles. The lowest BCUT2D eigenvalue weighted by Gasteiger charge is -2.08. The van der Waals surface area contributed by atoms with Crippen molar-refractivity contribution < 1.29 is 22.1 Å². The second kappa shape index (κ2) is 5.08. The standard InChI is InChI=1S/C12H12FN3O4S/c13-8-3-4-9(10(5-8)21(14,17)18)19-6-11-15-12(16-20-11)7-1-2-7/h3-5,7H,1-2,6H2,(H2,14,17,18). The summed E-state index contributed by atoms with van der Waals surface area (Å²) < 4.78 is 46.2. The van der Waals surface area contributed by atoms with Gasteiger partial charge in [0.25, 0.3) is 5.89 Å². The van der Waals surface area contributed by atoms with Gasteiger partial charge in [-0.25, -0.2) is 17.9 Å². The maximum atomic E-state index is 13.1. The zero-order valence-corrected chi connectivity index (χ0v) is 11.6. The van der Waals surface area contributed by atoms with Crippen molar-refractivity contribution >= 4 is 10.0 Å². The van der Waals surface area contributed by atoms with Crippen LogP contribution in [0.4, 0.5) is 4.39 Å². The van der Waals surface area contributed by atoms with Crippen LogP contribution in [-0.2, 0) is 16.6 Å². The van der Waals surface area contributed by atoms with E-state index in [9.17, 15) is 12.8 Å². The predicted octanol–water partition coefficient (Wildman–Crippen LogP) is 1.31. The summed E-state index contributed by atoms with van der Waals surface area (Å²) in [5.41, 5.74) is 0. The molecule has 0 radical (unpaired) electrons. The summed E-state index contributed by atoms with van der Waals surface area (Å²) in [6.45, 7) is -0.117. The second-order valence-electron chi connectivity index (χ2n) is 4.75. The predicted molar refractivity (Wildman–Crippen MR) is 68.4 cm³/mol. The van der Waals surface area contributed by atoms with Gasteiger partial charge in [-0.3, -0.25) is 0 Å². The lowest BCUT2D eigenvalue weighted by atomic mass is 10.3. The number of aromatic nitrogens is 2. The van der Waals surface area contributed by atoms with E-state index >= 15 is 0 Å². The van der Waals surface area contributed by atoms with Crippen molar-refractivity contribution in [2.24, 2.45) is 5.14 Å². The molecule has 2 aromatic rings. The number of ether oxygens (including phenoxy) is 1. The summed E-state index contributed by atoms with van der Waals surface area (Å²) in [7, 11) is -4.09. The minimum atomic E-state index is -4.09. The van der Waals surface area contributed by atoms with Gasteiger partial charge in [-0.1, -0.05) is 5.16 Å². The fraction of sp³-hybridized carbons (Fsp3) is 0.333. The van der Waals surface area contributed by atoms with Crippen molar-refractivity contribution in [3.63, 3.8) is 0 Å². The molecule has 0 saturated heterocycles. The SMILES string of the molecule is NS(=O)(=O)c1cc(F)ccc1OCc1nc(C2CC2)no1. The smallest absolute Gasteiger partial charge is 0.264 e. The molecule has 1 aromatic carbocycles. The molecule has 21 heavy (non-hydrogen) atoms. The Bertz CT molecular complexity index is 771. The van der Waals surface area contributed by atoms with Gasteiger partial charge in [0.2, 0.25) is 10.0 Å². The maximum Gasteiger partial charge on any atom is 0.264 e. The van der Waals surface area contributed by atoms with Crippen molar-refractivity contribution in [2.75, 3.05) is 0 Å². The van der Waals surface area contributed by atoms with Crippen LogP contribution in [0, 0.1) is 5.82 Å². The van der Waals surface area contributed by atoms with Gasteiger partial charge in [0, 0.05) is 5.92 Å².